The molecule has 1 aromatic carbocycles. The lowest BCUT2D eigenvalue weighted by molar-refractivity contribution is 0.236. The molecule has 0 saturated heterocycles. The second-order valence-corrected chi connectivity index (χ2v) is 6.15. The molecule has 102 valence electrons. The number of para-hydroxylation sites is 1. The van der Waals surface area contributed by atoms with Gasteiger partial charge in [-0.25, -0.2) is 0 Å². The molecular weight excluding hydrogens is 286 g/mol. The minimum absolute atomic E-state index is 0.207. The fourth-order valence-electron chi connectivity index (χ4n) is 1.51. The number of aliphatic hydroxyl groups is 1. The number of rotatable bonds is 5. The predicted octanol–water partition coefficient (Wildman–Crippen LogP) is 2.29. The zero-order chi connectivity index (χ0) is 13.9. The molecule has 0 aliphatic carbocycles. The molecule has 0 amide bonds. The van der Waals surface area contributed by atoms with E-state index in [0.29, 0.717) is 5.69 Å². The topological polar surface area (TPSA) is 79.5 Å². The van der Waals surface area contributed by atoms with E-state index in [1.165, 1.54) is 23.9 Å². The predicted molar refractivity (Wildman–Crippen MR) is 73.7 cm³/mol. The average molecular weight is 299 g/mol. The summed E-state index contributed by atoms with van der Waals surface area (Å²) in [7, 11) is -3.78. The van der Waals surface area contributed by atoms with Crippen LogP contribution >= 0.6 is 11.8 Å². The van der Waals surface area contributed by atoms with Gasteiger partial charge in [0.1, 0.15) is 12.4 Å². The Hall–Kier alpha value is -1.44. The lowest BCUT2D eigenvalue weighted by Gasteiger charge is -2.09. The molecule has 0 unspecified atom stereocenters. The van der Waals surface area contributed by atoms with E-state index in [-0.39, 0.29) is 17.5 Å². The van der Waals surface area contributed by atoms with Gasteiger partial charge in [0, 0.05) is 4.90 Å². The van der Waals surface area contributed by atoms with Gasteiger partial charge in [0.2, 0.25) is 5.09 Å². The van der Waals surface area contributed by atoms with Crippen molar-refractivity contribution in [3.63, 3.8) is 0 Å². The van der Waals surface area contributed by atoms with Crippen LogP contribution in [0.3, 0.4) is 0 Å². The molecule has 1 heterocycles. The van der Waals surface area contributed by atoms with Crippen LogP contribution in [0.15, 0.2) is 50.8 Å². The first-order valence-corrected chi connectivity index (χ1v) is 8.13. The van der Waals surface area contributed by atoms with Gasteiger partial charge in [0.15, 0.2) is 0 Å². The van der Waals surface area contributed by atoms with Gasteiger partial charge in [-0.3, -0.25) is 4.72 Å². The van der Waals surface area contributed by atoms with Gasteiger partial charge in [0.25, 0.3) is 10.0 Å². The van der Waals surface area contributed by atoms with Crippen LogP contribution in [0.1, 0.15) is 5.76 Å². The Labute approximate surface area is 115 Å². The third-order valence-corrected chi connectivity index (χ3v) is 4.44. The Morgan fingerprint density at radius 1 is 1.26 bits per heavy atom. The van der Waals surface area contributed by atoms with Crippen molar-refractivity contribution in [3.05, 3.63) is 42.2 Å². The van der Waals surface area contributed by atoms with E-state index >= 15 is 0 Å². The van der Waals surface area contributed by atoms with Crippen LogP contribution < -0.4 is 4.72 Å². The van der Waals surface area contributed by atoms with Crippen LogP contribution in [-0.2, 0) is 16.6 Å². The van der Waals surface area contributed by atoms with Gasteiger partial charge in [-0.05, 0) is 30.5 Å². The Morgan fingerprint density at radius 3 is 2.63 bits per heavy atom. The van der Waals surface area contributed by atoms with E-state index in [2.05, 4.69) is 4.72 Å². The van der Waals surface area contributed by atoms with Crippen LogP contribution in [0.25, 0.3) is 0 Å². The maximum Gasteiger partial charge on any atom is 0.295 e. The second kappa shape index (κ2) is 5.68. The van der Waals surface area contributed by atoms with Crippen molar-refractivity contribution < 1.29 is 17.9 Å². The Morgan fingerprint density at radius 2 is 2.00 bits per heavy atom. The van der Waals surface area contributed by atoms with Crippen molar-refractivity contribution in [3.8, 4) is 0 Å². The maximum atomic E-state index is 12.1. The number of aliphatic hydroxyl groups excluding tert-OH is 1. The third-order valence-electron chi connectivity index (χ3n) is 2.41. The summed E-state index contributed by atoms with van der Waals surface area (Å²) in [5.41, 5.74) is 0.497. The lowest BCUT2D eigenvalue weighted by atomic mass is 10.3. The van der Waals surface area contributed by atoms with Crippen molar-refractivity contribution in [2.24, 2.45) is 0 Å². The second-order valence-electron chi connectivity index (χ2n) is 3.68. The fraction of sp³-hybridized carbons (Fsp3) is 0.167. The van der Waals surface area contributed by atoms with E-state index in [1.54, 1.807) is 12.1 Å². The Balaban J connectivity index is 2.31. The van der Waals surface area contributed by atoms with Crippen molar-refractivity contribution in [1.29, 1.82) is 0 Å². The van der Waals surface area contributed by atoms with Crippen molar-refractivity contribution in [2.75, 3.05) is 11.0 Å². The summed E-state index contributed by atoms with van der Waals surface area (Å²) in [6.07, 6.45) is 1.86. The number of furan rings is 1. The summed E-state index contributed by atoms with van der Waals surface area (Å²) in [4.78, 5) is 0.819. The summed E-state index contributed by atoms with van der Waals surface area (Å²) in [6.45, 7) is -0.336. The molecule has 0 radical (unpaired) electrons. The molecule has 0 fully saturated rings. The highest BCUT2D eigenvalue weighted by Gasteiger charge is 2.19. The molecule has 2 aromatic rings. The highest BCUT2D eigenvalue weighted by molar-refractivity contribution is 7.99. The molecule has 1 aromatic heterocycles. The van der Waals surface area contributed by atoms with Gasteiger partial charge in [0.05, 0.1) is 5.69 Å². The van der Waals surface area contributed by atoms with Crippen molar-refractivity contribution in [1.82, 2.24) is 0 Å². The molecule has 0 aliphatic rings. The first-order valence-electron chi connectivity index (χ1n) is 5.42. The number of anilines is 1. The highest BCUT2D eigenvalue weighted by atomic mass is 32.2. The smallest absolute Gasteiger partial charge is 0.295 e. The number of hydrogen-bond donors (Lipinski definition) is 2. The van der Waals surface area contributed by atoms with Crippen LogP contribution in [0.4, 0.5) is 5.69 Å². The van der Waals surface area contributed by atoms with Gasteiger partial charge >= 0.3 is 0 Å². The Kier molecular flexibility index (Phi) is 4.18. The quantitative estimate of drug-likeness (QED) is 0.828. The first kappa shape index (κ1) is 14.0. The Bertz CT molecular complexity index is 664. The van der Waals surface area contributed by atoms with E-state index in [0.717, 1.165) is 4.90 Å². The fourth-order valence-corrected chi connectivity index (χ4v) is 3.16. The number of benzene rings is 1. The van der Waals surface area contributed by atoms with Crippen molar-refractivity contribution >= 4 is 27.5 Å². The third kappa shape index (κ3) is 3.12. The zero-order valence-corrected chi connectivity index (χ0v) is 11.8. The summed E-state index contributed by atoms with van der Waals surface area (Å²) in [5, 5.41) is 8.66. The van der Waals surface area contributed by atoms with Crippen LogP contribution in [0, 0.1) is 0 Å². The standard InChI is InChI=1S/C12H13NO4S2/c1-18-11-5-3-2-4-10(11)13-19(15,16)12-7-6-9(8-14)17-12/h2-7,13-14H,8H2,1H3. The summed E-state index contributed by atoms with van der Waals surface area (Å²) >= 11 is 1.44. The minimum Gasteiger partial charge on any atom is -0.445 e. The molecule has 0 aliphatic heterocycles. The molecular formula is C12H13NO4S2. The monoisotopic (exact) mass is 299 g/mol. The molecule has 5 nitrogen and oxygen atoms in total. The maximum absolute atomic E-state index is 12.1. The molecule has 0 saturated carbocycles. The largest absolute Gasteiger partial charge is 0.445 e. The van der Waals surface area contributed by atoms with Gasteiger partial charge < -0.3 is 9.52 Å². The lowest BCUT2D eigenvalue weighted by Crippen LogP contribution is -2.12. The highest BCUT2D eigenvalue weighted by Crippen LogP contribution is 2.27. The van der Waals surface area contributed by atoms with E-state index in [9.17, 15) is 8.42 Å². The van der Waals surface area contributed by atoms with Crippen LogP contribution in [0.5, 0.6) is 0 Å². The average Bonchev–Trinajstić information content (AvgIpc) is 2.88. The SMILES string of the molecule is CSc1ccccc1NS(=O)(=O)c1ccc(CO)o1. The minimum atomic E-state index is -3.78. The molecule has 7 heteroatoms. The van der Waals surface area contributed by atoms with Crippen LogP contribution in [0.2, 0.25) is 0 Å². The van der Waals surface area contributed by atoms with Crippen molar-refractivity contribution in [2.45, 2.75) is 16.6 Å². The molecule has 2 N–H and O–H groups in total. The zero-order valence-electron chi connectivity index (χ0n) is 10.2. The normalized spacial score (nSPS) is 11.5. The number of nitrogens with one attached hydrogen (secondary N) is 1. The molecule has 2 rings (SSSR count). The molecule has 19 heavy (non-hydrogen) atoms. The van der Waals surface area contributed by atoms with Crippen LogP contribution in [-0.4, -0.2) is 19.8 Å². The van der Waals surface area contributed by atoms with E-state index in [1.807, 2.05) is 18.4 Å². The van der Waals surface area contributed by atoms with Gasteiger partial charge in [-0.1, -0.05) is 12.1 Å². The summed E-state index contributed by atoms with van der Waals surface area (Å²) in [5.74, 6) is 0.207. The number of thioether (sulfide) groups is 1. The molecule has 0 atom stereocenters. The van der Waals surface area contributed by atoms with E-state index in [4.69, 9.17) is 9.52 Å². The number of hydrogen-bond acceptors (Lipinski definition) is 5. The summed E-state index contributed by atoms with van der Waals surface area (Å²) in [6, 6.07) is 9.83. The first-order chi connectivity index (χ1) is 9.06. The molecule has 0 bridgehead atoms. The van der Waals surface area contributed by atoms with Gasteiger partial charge in [-0.15, -0.1) is 11.8 Å². The number of sulfonamides is 1. The summed E-state index contributed by atoms with van der Waals surface area (Å²) < 4.78 is 31.7. The van der Waals surface area contributed by atoms with E-state index < -0.39 is 10.0 Å². The molecule has 0 spiro atoms. The van der Waals surface area contributed by atoms with Gasteiger partial charge in [-0.2, -0.15) is 8.42 Å².